The molecule has 252 valence electrons. The van der Waals surface area contributed by atoms with Crippen LogP contribution in [0.3, 0.4) is 0 Å². The summed E-state index contributed by atoms with van der Waals surface area (Å²) in [5, 5.41) is 6.03. The van der Waals surface area contributed by atoms with Crippen LogP contribution in [0.15, 0.2) is 155 Å². The Morgan fingerprint density at radius 1 is 0.596 bits per heavy atom. The molecule has 0 saturated heterocycles. The minimum atomic E-state index is 0. The Morgan fingerprint density at radius 2 is 1.35 bits per heavy atom. The molecule has 10 aromatic rings. The summed E-state index contributed by atoms with van der Waals surface area (Å²) in [6, 6.07) is 49.9. The topological polar surface area (TPSA) is 59.8 Å². The standard InChI is InChI=1S/C44H25N4O3.Pt/c1-2-10-28(11-3-1)46-20-21-47(27-46)29-22-36-35-26-40-34(33-13-5-7-15-39(33)50-40)25-41(35)51-44(36)42(23-29)49-30-17-18-32-31-12-4-6-14-37(31)48(38(32)24-30)43-16-8-9-19-45-43;/h1-22,25-27H;/q-3;. The number of hydrogen-bond acceptors (Lipinski definition) is 6. The van der Waals surface area contributed by atoms with Crippen LogP contribution in [-0.2, 0) is 21.1 Å². The average molecular weight is 853 g/mol. The number of pyridine rings is 1. The van der Waals surface area contributed by atoms with E-state index < -0.39 is 0 Å². The fraction of sp³-hybridized carbons (Fsp3) is 0. The third-order valence-corrected chi connectivity index (χ3v) is 9.57. The van der Waals surface area contributed by atoms with E-state index in [4.69, 9.17) is 13.6 Å². The van der Waals surface area contributed by atoms with Crippen LogP contribution >= 0.6 is 0 Å². The van der Waals surface area contributed by atoms with E-state index in [0.717, 1.165) is 77.3 Å². The summed E-state index contributed by atoms with van der Waals surface area (Å²) in [5.41, 5.74) is 6.73. The molecule has 7 nitrogen and oxygen atoms in total. The predicted octanol–water partition coefficient (Wildman–Crippen LogP) is 11.3. The molecular formula is C44H25N4O3Pt-3. The molecule has 11 rings (SSSR count). The van der Waals surface area contributed by atoms with Crippen molar-refractivity contribution in [2.45, 2.75) is 0 Å². The maximum absolute atomic E-state index is 6.74. The summed E-state index contributed by atoms with van der Waals surface area (Å²) in [6.07, 6.45) is 5.84. The van der Waals surface area contributed by atoms with Crippen LogP contribution in [0, 0.1) is 18.8 Å². The molecular weight excluding hydrogens is 828 g/mol. The van der Waals surface area contributed by atoms with Gasteiger partial charge in [0, 0.05) is 60.4 Å². The first-order valence-corrected chi connectivity index (χ1v) is 16.7. The van der Waals surface area contributed by atoms with E-state index in [0.29, 0.717) is 17.1 Å². The van der Waals surface area contributed by atoms with Crippen molar-refractivity contribution in [1.29, 1.82) is 0 Å². The van der Waals surface area contributed by atoms with E-state index >= 15 is 0 Å². The second-order valence-corrected chi connectivity index (χ2v) is 12.6. The number of furan rings is 2. The zero-order valence-corrected chi connectivity index (χ0v) is 29.5. The molecule has 0 spiro atoms. The van der Waals surface area contributed by atoms with E-state index in [9.17, 15) is 0 Å². The quantitative estimate of drug-likeness (QED) is 0.161. The van der Waals surface area contributed by atoms with Gasteiger partial charge in [0.15, 0.2) is 0 Å². The molecule has 0 unspecified atom stereocenters. The van der Waals surface area contributed by atoms with Gasteiger partial charge in [-0.3, -0.25) is 0 Å². The Balaban J connectivity index is 0.00000338. The SMILES string of the molecule is [Pt].[c-]1c(N2C=CN(c3ccccc3)[CH-]2)cc2c(oc3cc4c(cc32)oc2ccccc24)c1Oc1[c-]c2c(cc1)c1ccccc1n2-c1ccccn1. The van der Waals surface area contributed by atoms with Gasteiger partial charge in [-0.25, -0.2) is 4.98 Å². The molecule has 0 fully saturated rings. The van der Waals surface area contributed by atoms with Gasteiger partial charge < -0.3 is 27.9 Å². The third-order valence-electron chi connectivity index (χ3n) is 9.57. The first-order chi connectivity index (χ1) is 25.2. The van der Waals surface area contributed by atoms with Crippen LogP contribution in [0.4, 0.5) is 11.4 Å². The Hall–Kier alpha value is -6.30. The summed E-state index contributed by atoms with van der Waals surface area (Å²) < 4.78 is 21.8. The van der Waals surface area contributed by atoms with E-state index in [1.807, 2.05) is 90.7 Å². The van der Waals surface area contributed by atoms with Gasteiger partial charge >= 0.3 is 0 Å². The van der Waals surface area contributed by atoms with E-state index in [1.165, 1.54) is 0 Å². The van der Waals surface area contributed by atoms with Crippen molar-refractivity contribution < 1.29 is 34.6 Å². The van der Waals surface area contributed by atoms with Crippen molar-refractivity contribution in [3.05, 3.63) is 165 Å². The van der Waals surface area contributed by atoms with E-state index in [2.05, 4.69) is 87.2 Å². The molecule has 1 aliphatic heterocycles. The molecule has 1 aliphatic rings. The molecule has 0 amide bonds. The monoisotopic (exact) mass is 852 g/mol. The number of benzene rings is 6. The van der Waals surface area contributed by atoms with E-state index in [1.54, 1.807) is 6.20 Å². The molecule has 0 bridgehead atoms. The van der Waals surface area contributed by atoms with Gasteiger partial charge in [-0.05, 0) is 66.3 Å². The Bertz CT molecular complexity index is 3000. The van der Waals surface area contributed by atoms with Crippen LogP contribution in [0.1, 0.15) is 0 Å². The second-order valence-electron chi connectivity index (χ2n) is 12.6. The van der Waals surface area contributed by atoms with Crippen molar-refractivity contribution in [3.63, 3.8) is 0 Å². The maximum Gasteiger partial charge on any atom is 0.136 e. The summed E-state index contributed by atoms with van der Waals surface area (Å²) >= 11 is 0. The van der Waals surface area contributed by atoms with Crippen LogP contribution < -0.4 is 14.5 Å². The number of nitrogens with zero attached hydrogens (tertiary/aromatic N) is 4. The minimum absolute atomic E-state index is 0. The summed E-state index contributed by atoms with van der Waals surface area (Å²) in [7, 11) is 0. The van der Waals surface area contributed by atoms with Crippen LogP contribution in [-0.4, -0.2) is 9.55 Å². The fourth-order valence-electron chi connectivity index (χ4n) is 7.22. The number of rotatable bonds is 5. The normalized spacial score (nSPS) is 13.0. The Labute approximate surface area is 311 Å². The molecule has 6 aromatic carbocycles. The first kappa shape index (κ1) is 30.5. The molecule has 52 heavy (non-hydrogen) atoms. The number of hydrogen-bond donors (Lipinski definition) is 0. The number of para-hydroxylation sites is 3. The molecule has 0 atom stereocenters. The summed E-state index contributed by atoms with van der Waals surface area (Å²) in [5.74, 6) is 1.79. The summed E-state index contributed by atoms with van der Waals surface area (Å²) in [4.78, 5) is 8.78. The molecule has 0 N–H and O–H groups in total. The molecule has 0 radical (unpaired) electrons. The smallest absolute Gasteiger partial charge is 0.136 e. The third kappa shape index (κ3) is 4.74. The second kappa shape index (κ2) is 11.9. The van der Waals surface area contributed by atoms with Gasteiger partial charge in [-0.1, -0.05) is 71.6 Å². The van der Waals surface area contributed by atoms with Crippen molar-refractivity contribution in [2.75, 3.05) is 9.80 Å². The van der Waals surface area contributed by atoms with Gasteiger partial charge in [-0.2, -0.15) is 6.07 Å². The van der Waals surface area contributed by atoms with Gasteiger partial charge in [0.2, 0.25) is 0 Å². The van der Waals surface area contributed by atoms with Gasteiger partial charge in [0.25, 0.3) is 0 Å². The molecule has 0 aliphatic carbocycles. The minimum Gasteiger partial charge on any atom is -0.512 e. The van der Waals surface area contributed by atoms with Gasteiger partial charge in [0.1, 0.15) is 22.6 Å². The first-order valence-electron chi connectivity index (χ1n) is 16.7. The van der Waals surface area contributed by atoms with Crippen molar-refractivity contribution >= 4 is 77.1 Å². The molecule has 0 saturated carbocycles. The number of fused-ring (bicyclic) bond motifs is 9. The predicted molar refractivity (Wildman–Crippen MR) is 202 cm³/mol. The van der Waals surface area contributed by atoms with Crippen molar-refractivity contribution in [1.82, 2.24) is 9.55 Å². The number of anilines is 2. The van der Waals surface area contributed by atoms with Crippen molar-refractivity contribution in [3.8, 4) is 17.3 Å². The summed E-state index contributed by atoms with van der Waals surface area (Å²) in [6.45, 7) is 2.03. The van der Waals surface area contributed by atoms with Gasteiger partial charge in [0.05, 0.1) is 11.3 Å². The van der Waals surface area contributed by atoms with Crippen LogP contribution in [0.5, 0.6) is 11.5 Å². The van der Waals surface area contributed by atoms with Crippen LogP contribution in [0.25, 0.3) is 71.5 Å². The molecule has 4 aromatic heterocycles. The zero-order valence-electron chi connectivity index (χ0n) is 27.3. The number of aromatic nitrogens is 2. The molecule has 8 heteroatoms. The number of ether oxygens (including phenoxy) is 1. The van der Waals surface area contributed by atoms with E-state index in [-0.39, 0.29) is 21.1 Å². The Kier molecular flexibility index (Phi) is 6.98. The van der Waals surface area contributed by atoms with Crippen molar-refractivity contribution in [2.24, 2.45) is 0 Å². The largest absolute Gasteiger partial charge is 0.512 e. The molecule has 5 heterocycles. The Morgan fingerprint density at radius 3 is 2.21 bits per heavy atom. The van der Waals surface area contributed by atoms with Gasteiger partial charge in [-0.15, -0.1) is 42.0 Å². The maximum atomic E-state index is 6.74. The van der Waals surface area contributed by atoms with Crippen LogP contribution in [0.2, 0.25) is 0 Å². The fourth-order valence-corrected chi connectivity index (χ4v) is 7.22. The zero-order chi connectivity index (χ0) is 33.5. The average Bonchev–Trinajstić information content (AvgIpc) is 3.97.